The van der Waals surface area contributed by atoms with Gasteiger partial charge in [0.15, 0.2) is 0 Å². The van der Waals surface area contributed by atoms with Crippen molar-refractivity contribution in [1.29, 1.82) is 0 Å². The Hall–Kier alpha value is -2.11. The summed E-state index contributed by atoms with van der Waals surface area (Å²) in [5, 5.41) is 20.0. The molecule has 19 heavy (non-hydrogen) atoms. The summed E-state index contributed by atoms with van der Waals surface area (Å²) in [5.74, 6) is -0.543. The summed E-state index contributed by atoms with van der Waals surface area (Å²) in [7, 11) is 0. The highest BCUT2D eigenvalue weighted by atomic mass is 16.6. The fraction of sp³-hybridized carbons (Fsp3) is 0.462. The van der Waals surface area contributed by atoms with Crippen molar-refractivity contribution >= 4 is 17.3 Å². The normalized spacial score (nSPS) is 14.2. The zero-order valence-corrected chi connectivity index (χ0v) is 10.7. The molecule has 0 amide bonds. The minimum atomic E-state index is -1.15. The summed E-state index contributed by atoms with van der Waals surface area (Å²) < 4.78 is 0. The second-order valence-corrected chi connectivity index (χ2v) is 4.75. The van der Waals surface area contributed by atoms with Gasteiger partial charge in [0.05, 0.1) is 10.5 Å². The molecule has 0 atom stereocenters. The van der Waals surface area contributed by atoms with Crippen LogP contribution >= 0.6 is 0 Å². The molecule has 0 radical (unpaired) electrons. The largest absolute Gasteiger partial charge is 0.478 e. The fourth-order valence-electron chi connectivity index (χ4n) is 2.08. The third-order valence-corrected chi connectivity index (χ3v) is 3.32. The SMILES string of the molecule is CCN(CC1CC1)c1ccc(C(=O)O)cc1[N+](=O)[O-]. The number of carboxylic acid groups (broad SMARTS) is 1. The van der Waals surface area contributed by atoms with Crippen molar-refractivity contribution in [3.8, 4) is 0 Å². The van der Waals surface area contributed by atoms with Crippen LogP contribution in [0.4, 0.5) is 11.4 Å². The van der Waals surface area contributed by atoms with Crippen molar-refractivity contribution in [1.82, 2.24) is 0 Å². The Morgan fingerprint density at radius 1 is 1.53 bits per heavy atom. The third kappa shape index (κ3) is 3.01. The number of hydrogen-bond donors (Lipinski definition) is 1. The summed E-state index contributed by atoms with van der Waals surface area (Å²) in [6.07, 6.45) is 2.33. The summed E-state index contributed by atoms with van der Waals surface area (Å²) in [6.45, 7) is 3.41. The summed E-state index contributed by atoms with van der Waals surface area (Å²) in [4.78, 5) is 23.4. The van der Waals surface area contributed by atoms with E-state index in [0.717, 1.165) is 25.5 Å². The standard InChI is InChI=1S/C13H16N2O4/c1-2-14(8-9-3-4-9)11-6-5-10(13(16)17)7-12(11)15(18)19/h5-7,9H,2-4,8H2,1H3,(H,16,17). The molecule has 1 aliphatic rings. The van der Waals surface area contributed by atoms with Crippen LogP contribution in [0.1, 0.15) is 30.1 Å². The highest BCUT2D eigenvalue weighted by Crippen LogP contribution is 2.35. The molecule has 6 heteroatoms. The molecular weight excluding hydrogens is 248 g/mol. The molecule has 1 aromatic carbocycles. The summed E-state index contributed by atoms with van der Waals surface area (Å²) in [5.41, 5.74) is 0.310. The summed E-state index contributed by atoms with van der Waals surface area (Å²) >= 11 is 0. The number of rotatable bonds is 6. The van der Waals surface area contributed by atoms with E-state index in [9.17, 15) is 14.9 Å². The van der Waals surface area contributed by atoms with E-state index in [2.05, 4.69) is 0 Å². The van der Waals surface area contributed by atoms with Crippen molar-refractivity contribution in [3.63, 3.8) is 0 Å². The Morgan fingerprint density at radius 3 is 2.68 bits per heavy atom. The molecule has 1 aromatic rings. The van der Waals surface area contributed by atoms with Gasteiger partial charge in [-0.2, -0.15) is 0 Å². The number of carboxylic acids is 1. The van der Waals surface area contributed by atoms with Crippen LogP contribution in [-0.2, 0) is 0 Å². The first kappa shape index (κ1) is 13.3. The van der Waals surface area contributed by atoms with Crippen molar-refractivity contribution < 1.29 is 14.8 Å². The number of nitrogens with zero attached hydrogens (tertiary/aromatic N) is 2. The summed E-state index contributed by atoms with van der Waals surface area (Å²) in [6, 6.07) is 4.08. The second-order valence-electron chi connectivity index (χ2n) is 4.75. The van der Waals surface area contributed by atoms with Gasteiger partial charge < -0.3 is 10.0 Å². The van der Waals surface area contributed by atoms with E-state index >= 15 is 0 Å². The van der Waals surface area contributed by atoms with E-state index < -0.39 is 10.9 Å². The van der Waals surface area contributed by atoms with E-state index in [1.165, 1.54) is 12.1 Å². The lowest BCUT2D eigenvalue weighted by atomic mass is 10.1. The monoisotopic (exact) mass is 264 g/mol. The van der Waals surface area contributed by atoms with Crippen LogP contribution in [-0.4, -0.2) is 29.1 Å². The smallest absolute Gasteiger partial charge is 0.335 e. The van der Waals surface area contributed by atoms with Crippen LogP contribution in [0, 0.1) is 16.0 Å². The molecule has 0 saturated heterocycles. The first-order chi connectivity index (χ1) is 9.02. The van der Waals surface area contributed by atoms with E-state index in [0.29, 0.717) is 18.2 Å². The Balaban J connectivity index is 2.36. The van der Waals surface area contributed by atoms with Gasteiger partial charge in [0, 0.05) is 19.2 Å². The van der Waals surface area contributed by atoms with Gasteiger partial charge in [0.2, 0.25) is 0 Å². The molecule has 1 N–H and O–H groups in total. The molecule has 1 fully saturated rings. The molecule has 2 rings (SSSR count). The zero-order valence-electron chi connectivity index (χ0n) is 10.7. The Morgan fingerprint density at radius 2 is 2.21 bits per heavy atom. The maximum Gasteiger partial charge on any atom is 0.335 e. The number of nitro groups is 1. The van der Waals surface area contributed by atoms with Gasteiger partial charge in [0.1, 0.15) is 5.69 Å². The number of hydrogen-bond acceptors (Lipinski definition) is 4. The van der Waals surface area contributed by atoms with E-state index in [1.54, 1.807) is 0 Å². The Bertz CT molecular complexity index is 511. The van der Waals surface area contributed by atoms with Crippen LogP contribution in [0.25, 0.3) is 0 Å². The molecule has 0 aromatic heterocycles. The quantitative estimate of drug-likeness (QED) is 0.630. The highest BCUT2D eigenvalue weighted by Gasteiger charge is 2.27. The minimum Gasteiger partial charge on any atom is -0.478 e. The number of benzene rings is 1. The number of aromatic carboxylic acids is 1. The van der Waals surface area contributed by atoms with Crippen molar-refractivity contribution in [2.24, 2.45) is 5.92 Å². The van der Waals surface area contributed by atoms with Crippen LogP contribution in [0.3, 0.4) is 0 Å². The van der Waals surface area contributed by atoms with Gasteiger partial charge in [0.25, 0.3) is 5.69 Å². The molecule has 6 nitrogen and oxygen atoms in total. The average Bonchev–Trinajstić information content (AvgIpc) is 3.19. The second kappa shape index (κ2) is 5.26. The van der Waals surface area contributed by atoms with Gasteiger partial charge in [-0.05, 0) is 37.8 Å². The Labute approximate surface area is 110 Å². The fourth-order valence-corrected chi connectivity index (χ4v) is 2.08. The van der Waals surface area contributed by atoms with Gasteiger partial charge >= 0.3 is 5.97 Å². The van der Waals surface area contributed by atoms with Crippen LogP contribution in [0.15, 0.2) is 18.2 Å². The average molecular weight is 264 g/mol. The van der Waals surface area contributed by atoms with Gasteiger partial charge in [-0.3, -0.25) is 10.1 Å². The maximum absolute atomic E-state index is 11.1. The minimum absolute atomic E-state index is 0.0575. The van der Waals surface area contributed by atoms with Crippen molar-refractivity contribution in [2.45, 2.75) is 19.8 Å². The molecule has 0 heterocycles. The van der Waals surface area contributed by atoms with E-state index in [1.807, 2.05) is 11.8 Å². The van der Waals surface area contributed by atoms with Crippen molar-refractivity contribution in [3.05, 3.63) is 33.9 Å². The zero-order chi connectivity index (χ0) is 14.0. The highest BCUT2D eigenvalue weighted by molar-refractivity contribution is 5.89. The lowest BCUT2D eigenvalue weighted by molar-refractivity contribution is -0.384. The molecule has 1 saturated carbocycles. The molecular formula is C13H16N2O4. The lowest BCUT2D eigenvalue weighted by Gasteiger charge is -2.22. The van der Waals surface area contributed by atoms with Crippen molar-refractivity contribution in [2.75, 3.05) is 18.0 Å². The molecule has 1 aliphatic carbocycles. The van der Waals surface area contributed by atoms with Gasteiger partial charge in [-0.15, -0.1) is 0 Å². The number of nitro benzene ring substituents is 1. The predicted molar refractivity (Wildman–Crippen MR) is 70.7 cm³/mol. The topological polar surface area (TPSA) is 83.7 Å². The van der Waals surface area contributed by atoms with E-state index in [-0.39, 0.29) is 11.3 Å². The third-order valence-electron chi connectivity index (χ3n) is 3.32. The van der Waals surface area contributed by atoms with Crippen LogP contribution in [0.2, 0.25) is 0 Å². The molecule has 0 unspecified atom stereocenters. The molecule has 0 bridgehead atoms. The number of anilines is 1. The van der Waals surface area contributed by atoms with Gasteiger partial charge in [-0.25, -0.2) is 4.79 Å². The first-order valence-corrected chi connectivity index (χ1v) is 6.29. The predicted octanol–water partition coefficient (Wildman–Crippen LogP) is 2.53. The Kier molecular flexibility index (Phi) is 3.69. The van der Waals surface area contributed by atoms with E-state index in [4.69, 9.17) is 5.11 Å². The van der Waals surface area contributed by atoms with Gasteiger partial charge in [-0.1, -0.05) is 0 Å². The number of carbonyl (C=O) groups is 1. The molecule has 0 aliphatic heterocycles. The lowest BCUT2D eigenvalue weighted by Crippen LogP contribution is -2.26. The van der Waals surface area contributed by atoms with Crippen LogP contribution in [0.5, 0.6) is 0 Å². The molecule has 102 valence electrons. The maximum atomic E-state index is 11.1. The van der Waals surface area contributed by atoms with Crippen LogP contribution < -0.4 is 4.90 Å². The molecule has 0 spiro atoms. The first-order valence-electron chi connectivity index (χ1n) is 6.29.